The molecule has 2 atom stereocenters. The Kier molecular flexibility index (Phi) is 5.73. The Morgan fingerprint density at radius 3 is 3.05 bits per heavy atom. The summed E-state index contributed by atoms with van der Waals surface area (Å²) in [6.07, 6.45) is 2.94. The number of amides is 1. The number of nitrogens with one attached hydrogen (secondary N) is 2. The molecular weight excluding hydrogens is 323 g/mol. The first-order valence-electron chi connectivity index (χ1n) is 7.28. The van der Waals surface area contributed by atoms with Gasteiger partial charge in [0.15, 0.2) is 0 Å². The minimum Gasteiger partial charge on any atom is -0.488 e. The van der Waals surface area contributed by atoms with E-state index in [1.165, 1.54) is 0 Å². The van der Waals surface area contributed by atoms with Crippen molar-refractivity contribution in [3.63, 3.8) is 0 Å². The van der Waals surface area contributed by atoms with Gasteiger partial charge >= 0.3 is 0 Å². The zero-order valence-corrected chi connectivity index (χ0v) is 14.0. The Balaban J connectivity index is 0.00000176. The van der Waals surface area contributed by atoms with Gasteiger partial charge in [0.05, 0.1) is 5.57 Å². The average molecular weight is 343 g/mol. The topological polar surface area (TPSA) is 50.4 Å². The lowest BCUT2D eigenvalue weighted by Gasteiger charge is -2.30. The molecule has 0 spiro atoms. The summed E-state index contributed by atoms with van der Waals surface area (Å²) in [5, 5.41) is 7.05. The lowest BCUT2D eigenvalue weighted by molar-refractivity contribution is -0.118. The summed E-state index contributed by atoms with van der Waals surface area (Å²) in [5.74, 6) is 1.20. The van der Waals surface area contributed by atoms with Crippen LogP contribution in [0.15, 0.2) is 23.8 Å². The van der Waals surface area contributed by atoms with Gasteiger partial charge in [0.25, 0.3) is 5.91 Å². The van der Waals surface area contributed by atoms with Gasteiger partial charge in [0.2, 0.25) is 0 Å². The molecular formula is C16H20Cl2N2O2. The Bertz CT molecular complexity index is 590. The maximum absolute atomic E-state index is 12.4. The van der Waals surface area contributed by atoms with E-state index in [1.807, 2.05) is 18.2 Å². The predicted molar refractivity (Wildman–Crippen MR) is 90.8 cm³/mol. The molecule has 0 radical (unpaired) electrons. The molecule has 3 rings (SSSR count). The molecule has 4 nitrogen and oxygen atoms in total. The standard InChI is InChI=1S/C16H19ClN2O2.ClH/c1-10-4-5-18-8-14(10)19-16(20)12-6-11-7-13(17)2-3-15(11)21-9-12;/h2-3,6-7,10,14,18H,4-5,8-9H2,1H3,(H,19,20);1H. The van der Waals surface area contributed by atoms with Gasteiger partial charge in [-0.25, -0.2) is 0 Å². The second-order valence-electron chi connectivity index (χ2n) is 5.69. The average Bonchev–Trinajstić information content (AvgIpc) is 2.48. The SMILES string of the molecule is CC1CCNCC1NC(=O)C1=Cc2cc(Cl)ccc2OC1.Cl. The van der Waals surface area contributed by atoms with Crippen LogP contribution in [0.5, 0.6) is 5.75 Å². The van der Waals surface area contributed by atoms with Gasteiger partial charge in [-0.2, -0.15) is 0 Å². The summed E-state index contributed by atoms with van der Waals surface area (Å²) < 4.78 is 5.62. The van der Waals surface area contributed by atoms with E-state index in [0.29, 0.717) is 23.1 Å². The summed E-state index contributed by atoms with van der Waals surface area (Å²) >= 11 is 5.99. The van der Waals surface area contributed by atoms with E-state index in [0.717, 1.165) is 30.8 Å². The summed E-state index contributed by atoms with van der Waals surface area (Å²) in [7, 11) is 0. The van der Waals surface area contributed by atoms with Gasteiger partial charge in [-0.15, -0.1) is 12.4 Å². The van der Waals surface area contributed by atoms with Crippen LogP contribution in [0.25, 0.3) is 6.08 Å². The van der Waals surface area contributed by atoms with Crippen molar-refractivity contribution in [2.45, 2.75) is 19.4 Å². The van der Waals surface area contributed by atoms with Crippen molar-refractivity contribution in [3.8, 4) is 5.75 Å². The highest BCUT2D eigenvalue weighted by atomic mass is 35.5. The maximum atomic E-state index is 12.4. The van der Waals surface area contributed by atoms with Crippen LogP contribution in [0.1, 0.15) is 18.9 Å². The molecule has 22 heavy (non-hydrogen) atoms. The Labute approximate surface area is 141 Å². The molecule has 2 N–H and O–H groups in total. The number of piperidine rings is 1. The van der Waals surface area contributed by atoms with Gasteiger partial charge in [-0.05, 0) is 43.2 Å². The van der Waals surface area contributed by atoms with Crippen LogP contribution < -0.4 is 15.4 Å². The first-order chi connectivity index (χ1) is 10.1. The fourth-order valence-corrected chi connectivity index (χ4v) is 2.90. The van der Waals surface area contributed by atoms with Gasteiger partial charge in [0, 0.05) is 23.2 Å². The summed E-state index contributed by atoms with van der Waals surface area (Å²) in [4.78, 5) is 12.4. The third-order valence-corrected chi connectivity index (χ3v) is 4.36. The molecule has 1 saturated heterocycles. The van der Waals surface area contributed by atoms with E-state index in [-0.39, 0.29) is 24.4 Å². The smallest absolute Gasteiger partial charge is 0.250 e. The summed E-state index contributed by atoms with van der Waals surface area (Å²) in [6.45, 7) is 4.32. The number of benzene rings is 1. The van der Waals surface area contributed by atoms with Crippen LogP contribution >= 0.6 is 24.0 Å². The Morgan fingerprint density at radius 1 is 1.45 bits per heavy atom. The van der Waals surface area contributed by atoms with Crippen molar-refractivity contribution in [1.29, 1.82) is 0 Å². The maximum Gasteiger partial charge on any atom is 0.250 e. The monoisotopic (exact) mass is 342 g/mol. The Morgan fingerprint density at radius 2 is 2.27 bits per heavy atom. The number of halogens is 2. The van der Waals surface area contributed by atoms with Crippen LogP contribution in [-0.2, 0) is 4.79 Å². The van der Waals surface area contributed by atoms with Crippen molar-refractivity contribution in [1.82, 2.24) is 10.6 Å². The van der Waals surface area contributed by atoms with Crippen molar-refractivity contribution < 1.29 is 9.53 Å². The summed E-state index contributed by atoms with van der Waals surface area (Å²) in [6, 6.07) is 5.60. The lowest BCUT2D eigenvalue weighted by Crippen LogP contribution is -2.50. The lowest BCUT2D eigenvalue weighted by atomic mass is 9.94. The number of hydrogen-bond acceptors (Lipinski definition) is 3. The normalized spacial score (nSPS) is 23.5. The Hall–Kier alpha value is -1.23. The van der Waals surface area contributed by atoms with Crippen molar-refractivity contribution in [3.05, 3.63) is 34.4 Å². The highest BCUT2D eigenvalue weighted by Gasteiger charge is 2.25. The number of hydrogen-bond donors (Lipinski definition) is 2. The van der Waals surface area contributed by atoms with E-state index in [2.05, 4.69) is 17.6 Å². The van der Waals surface area contributed by atoms with Crippen molar-refractivity contribution >= 4 is 36.0 Å². The zero-order valence-electron chi connectivity index (χ0n) is 12.4. The van der Waals surface area contributed by atoms with Crippen LogP contribution in [0.3, 0.4) is 0 Å². The number of fused-ring (bicyclic) bond motifs is 1. The van der Waals surface area contributed by atoms with E-state index in [9.17, 15) is 4.79 Å². The fourth-order valence-electron chi connectivity index (χ4n) is 2.72. The molecule has 1 fully saturated rings. The second-order valence-corrected chi connectivity index (χ2v) is 6.13. The van der Waals surface area contributed by atoms with Crippen molar-refractivity contribution in [2.75, 3.05) is 19.7 Å². The highest BCUT2D eigenvalue weighted by Crippen LogP contribution is 2.29. The molecule has 1 aromatic carbocycles. The number of carbonyl (C=O) groups excluding carboxylic acids is 1. The molecule has 0 aliphatic carbocycles. The second kappa shape index (κ2) is 7.36. The highest BCUT2D eigenvalue weighted by molar-refractivity contribution is 6.30. The summed E-state index contributed by atoms with van der Waals surface area (Å²) in [5.41, 5.74) is 1.50. The first-order valence-corrected chi connectivity index (χ1v) is 7.66. The molecule has 0 aromatic heterocycles. The molecule has 0 bridgehead atoms. The number of ether oxygens (including phenoxy) is 1. The third kappa shape index (κ3) is 3.75. The van der Waals surface area contributed by atoms with Gasteiger partial charge in [0.1, 0.15) is 12.4 Å². The van der Waals surface area contributed by atoms with Crippen LogP contribution in [-0.4, -0.2) is 31.6 Å². The predicted octanol–water partition coefficient (Wildman–Crippen LogP) is 2.65. The minimum absolute atomic E-state index is 0. The van der Waals surface area contributed by atoms with Gasteiger partial charge < -0.3 is 15.4 Å². The van der Waals surface area contributed by atoms with E-state index < -0.39 is 0 Å². The molecule has 1 amide bonds. The molecule has 2 aliphatic rings. The van der Waals surface area contributed by atoms with E-state index in [4.69, 9.17) is 16.3 Å². The first kappa shape index (κ1) is 17.1. The molecule has 2 heterocycles. The van der Waals surface area contributed by atoms with E-state index >= 15 is 0 Å². The number of carbonyl (C=O) groups is 1. The van der Waals surface area contributed by atoms with Crippen LogP contribution in [0.2, 0.25) is 5.02 Å². The molecule has 120 valence electrons. The minimum atomic E-state index is -0.0545. The van der Waals surface area contributed by atoms with Gasteiger partial charge in [-0.1, -0.05) is 18.5 Å². The van der Waals surface area contributed by atoms with E-state index in [1.54, 1.807) is 6.07 Å². The van der Waals surface area contributed by atoms with Crippen LogP contribution in [0.4, 0.5) is 0 Å². The third-order valence-electron chi connectivity index (χ3n) is 4.12. The molecule has 6 heteroatoms. The fraction of sp³-hybridized carbons (Fsp3) is 0.438. The quantitative estimate of drug-likeness (QED) is 0.868. The number of rotatable bonds is 2. The molecule has 1 aromatic rings. The largest absolute Gasteiger partial charge is 0.488 e. The molecule has 2 aliphatic heterocycles. The van der Waals surface area contributed by atoms with Crippen molar-refractivity contribution in [2.24, 2.45) is 5.92 Å². The molecule has 2 unspecified atom stereocenters. The van der Waals surface area contributed by atoms with Gasteiger partial charge in [-0.3, -0.25) is 4.79 Å². The molecule has 0 saturated carbocycles. The zero-order chi connectivity index (χ0) is 14.8. The van der Waals surface area contributed by atoms with Crippen LogP contribution in [0, 0.1) is 5.92 Å².